The molecule has 0 spiro atoms. The van der Waals surface area contributed by atoms with Crippen LogP contribution in [0.5, 0.6) is 0 Å². The second-order valence-electron chi connectivity index (χ2n) is 5.92. The molecule has 2 aromatic rings. The van der Waals surface area contributed by atoms with Crippen LogP contribution < -0.4 is 5.32 Å². The number of hydrogen-bond acceptors (Lipinski definition) is 4. The second-order valence-corrected chi connectivity index (χ2v) is 5.92. The van der Waals surface area contributed by atoms with Gasteiger partial charge in [-0.3, -0.25) is 9.59 Å². The van der Waals surface area contributed by atoms with Crippen molar-refractivity contribution in [2.24, 2.45) is 0 Å². The lowest BCUT2D eigenvalue weighted by molar-refractivity contribution is -0.117. The molecule has 0 atom stereocenters. The lowest BCUT2D eigenvalue weighted by Crippen LogP contribution is -2.38. The molecule has 25 heavy (non-hydrogen) atoms. The van der Waals surface area contributed by atoms with Crippen LogP contribution in [-0.2, 0) is 11.2 Å². The molecule has 0 bridgehead atoms. The van der Waals surface area contributed by atoms with E-state index in [0.29, 0.717) is 17.9 Å². The van der Waals surface area contributed by atoms with Gasteiger partial charge < -0.3 is 14.7 Å². The van der Waals surface area contributed by atoms with Gasteiger partial charge in [0, 0.05) is 18.2 Å². The van der Waals surface area contributed by atoms with Gasteiger partial charge in [-0.05, 0) is 30.5 Å². The predicted octanol–water partition coefficient (Wildman–Crippen LogP) is 3.51. The van der Waals surface area contributed by atoms with Crippen LogP contribution in [0.25, 0.3) is 0 Å². The number of aryl methyl sites for hydroxylation is 1. The minimum atomic E-state index is -0.288. The summed E-state index contributed by atoms with van der Waals surface area (Å²) in [6, 6.07) is 9.11. The Morgan fingerprint density at radius 2 is 1.88 bits per heavy atom. The molecule has 134 valence electrons. The van der Waals surface area contributed by atoms with Crippen LogP contribution in [0.3, 0.4) is 0 Å². The van der Waals surface area contributed by atoms with Gasteiger partial charge in [0.2, 0.25) is 5.91 Å². The molecular weight excluding hydrogens is 318 g/mol. The van der Waals surface area contributed by atoms with Gasteiger partial charge in [0.05, 0.1) is 0 Å². The molecule has 6 nitrogen and oxygen atoms in total. The minimum Gasteiger partial charge on any atom is -0.363 e. The van der Waals surface area contributed by atoms with Gasteiger partial charge in [0.15, 0.2) is 5.82 Å². The second kappa shape index (κ2) is 9.61. The summed E-state index contributed by atoms with van der Waals surface area (Å²) in [5, 5.41) is 6.28. The highest BCUT2D eigenvalue weighted by atomic mass is 16.5. The van der Waals surface area contributed by atoms with Crippen LogP contribution in [0.2, 0.25) is 0 Å². The van der Waals surface area contributed by atoms with Crippen LogP contribution in [-0.4, -0.2) is 35.0 Å². The molecule has 1 heterocycles. The van der Waals surface area contributed by atoms with E-state index in [2.05, 4.69) is 24.3 Å². The van der Waals surface area contributed by atoms with E-state index in [-0.39, 0.29) is 18.4 Å². The molecule has 1 aromatic heterocycles. The fourth-order valence-electron chi connectivity index (χ4n) is 2.50. The van der Waals surface area contributed by atoms with Crippen molar-refractivity contribution >= 4 is 17.6 Å². The van der Waals surface area contributed by atoms with Gasteiger partial charge >= 0.3 is 0 Å². The zero-order valence-corrected chi connectivity index (χ0v) is 14.8. The molecule has 0 saturated carbocycles. The Morgan fingerprint density at radius 3 is 2.48 bits per heavy atom. The smallest absolute Gasteiger partial charge is 0.254 e. The number of carbonyl (C=O) groups excluding carboxylic acids is 2. The largest absolute Gasteiger partial charge is 0.363 e. The van der Waals surface area contributed by atoms with Crippen LogP contribution >= 0.6 is 0 Å². The summed E-state index contributed by atoms with van der Waals surface area (Å²) in [6.07, 6.45) is 5.25. The minimum absolute atomic E-state index is 0.00899. The number of anilines is 1. The first kappa shape index (κ1) is 18.7. The topological polar surface area (TPSA) is 75.4 Å². The Balaban J connectivity index is 2.04. The zero-order chi connectivity index (χ0) is 18.1. The van der Waals surface area contributed by atoms with Crippen molar-refractivity contribution in [3.05, 3.63) is 47.7 Å². The molecule has 0 radical (unpaired) electrons. The number of nitrogens with zero attached hydrogens (tertiary/aromatic N) is 2. The van der Waals surface area contributed by atoms with Crippen LogP contribution in [0.4, 0.5) is 5.82 Å². The number of amides is 2. The van der Waals surface area contributed by atoms with E-state index in [4.69, 9.17) is 4.52 Å². The Hall–Kier alpha value is -2.63. The van der Waals surface area contributed by atoms with Gasteiger partial charge in [-0.1, -0.05) is 44.0 Å². The van der Waals surface area contributed by atoms with Crippen molar-refractivity contribution in [2.45, 2.75) is 39.5 Å². The van der Waals surface area contributed by atoms with Gasteiger partial charge in [-0.25, -0.2) is 0 Å². The maximum atomic E-state index is 12.8. The predicted molar refractivity (Wildman–Crippen MR) is 96.4 cm³/mol. The van der Waals surface area contributed by atoms with E-state index in [1.165, 1.54) is 11.8 Å². The number of hydrogen-bond donors (Lipinski definition) is 1. The molecule has 2 rings (SSSR count). The van der Waals surface area contributed by atoms with Crippen molar-refractivity contribution in [3.8, 4) is 0 Å². The molecule has 1 N–H and O–H groups in total. The molecular formula is C19H25N3O3. The van der Waals surface area contributed by atoms with Crippen molar-refractivity contribution in [3.63, 3.8) is 0 Å². The molecule has 0 aliphatic rings. The number of aromatic nitrogens is 1. The maximum Gasteiger partial charge on any atom is 0.254 e. The molecule has 0 unspecified atom stereocenters. The van der Waals surface area contributed by atoms with Gasteiger partial charge in [0.25, 0.3) is 5.91 Å². The van der Waals surface area contributed by atoms with Gasteiger partial charge in [-0.15, -0.1) is 0 Å². The lowest BCUT2D eigenvalue weighted by atomic mass is 10.1. The van der Waals surface area contributed by atoms with E-state index in [1.807, 2.05) is 24.3 Å². The summed E-state index contributed by atoms with van der Waals surface area (Å²) >= 11 is 0. The molecule has 0 aliphatic carbocycles. The molecule has 2 amide bonds. The normalized spacial score (nSPS) is 10.5. The zero-order valence-electron chi connectivity index (χ0n) is 14.8. The van der Waals surface area contributed by atoms with E-state index in [1.54, 1.807) is 11.0 Å². The SMILES string of the molecule is CCCCCN(CC(=O)Nc1ccon1)C(=O)c1ccc(CC)cc1. The van der Waals surface area contributed by atoms with Crippen molar-refractivity contribution < 1.29 is 14.1 Å². The molecule has 6 heteroatoms. The summed E-state index contributed by atoms with van der Waals surface area (Å²) in [7, 11) is 0. The van der Waals surface area contributed by atoms with Crippen LogP contribution in [0.1, 0.15) is 49.0 Å². The van der Waals surface area contributed by atoms with Crippen molar-refractivity contribution in [1.29, 1.82) is 0 Å². The number of carbonyl (C=O) groups is 2. The summed E-state index contributed by atoms with van der Waals surface area (Å²) in [4.78, 5) is 26.6. The third-order valence-corrected chi connectivity index (χ3v) is 3.97. The Kier molecular flexibility index (Phi) is 7.19. The van der Waals surface area contributed by atoms with Gasteiger partial charge in [-0.2, -0.15) is 0 Å². The van der Waals surface area contributed by atoms with E-state index < -0.39 is 0 Å². The first-order chi connectivity index (χ1) is 12.1. The number of nitrogens with one attached hydrogen (secondary N) is 1. The monoisotopic (exact) mass is 343 g/mol. The standard InChI is InChI=1S/C19H25N3O3/c1-3-5-6-12-22(14-18(23)20-17-11-13-25-21-17)19(24)16-9-7-15(4-2)8-10-16/h7-11,13H,3-6,12,14H2,1-2H3,(H,20,21,23). The third-order valence-electron chi connectivity index (χ3n) is 3.97. The van der Waals surface area contributed by atoms with E-state index >= 15 is 0 Å². The molecule has 1 aromatic carbocycles. The highest BCUT2D eigenvalue weighted by Gasteiger charge is 2.19. The van der Waals surface area contributed by atoms with Crippen molar-refractivity contribution in [1.82, 2.24) is 10.1 Å². The Morgan fingerprint density at radius 1 is 1.12 bits per heavy atom. The fraction of sp³-hybridized carbons (Fsp3) is 0.421. The van der Waals surface area contributed by atoms with E-state index in [9.17, 15) is 9.59 Å². The average molecular weight is 343 g/mol. The van der Waals surface area contributed by atoms with Crippen LogP contribution in [0.15, 0.2) is 41.1 Å². The average Bonchev–Trinajstić information content (AvgIpc) is 3.13. The summed E-state index contributed by atoms with van der Waals surface area (Å²) in [6.45, 7) is 4.72. The first-order valence-electron chi connectivity index (χ1n) is 8.72. The Bertz CT molecular complexity index is 666. The maximum absolute atomic E-state index is 12.8. The number of unbranched alkanes of at least 4 members (excludes halogenated alkanes) is 2. The summed E-state index contributed by atoms with van der Waals surface area (Å²) in [5.41, 5.74) is 1.78. The third kappa shape index (κ3) is 5.74. The summed E-state index contributed by atoms with van der Waals surface area (Å²) < 4.78 is 4.69. The molecule has 0 saturated heterocycles. The van der Waals surface area contributed by atoms with Crippen LogP contribution in [0, 0.1) is 0 Å². The highest BCUT2D eigenvalue weighted by molar-refractivity contribution is 5.99. The van der Waals surface area contributed by atoms with Crippen molar-refractivity contribution in [2.75, 3.05) is 18.4 Å². The number of rotatable bonds is 9. The number of benzene rings is 1. The highest BCUT2D eigenvalue weighted by Crippen LogP contribution is 2.10. The Labute approximate surface area is 148 Å². The quantitative estimate of drug-likeness (QED) is 0.707. The van der Waals surface area contributed by atoms with E-state index in [0.717, 1.165) is 25.7 Å². The summed E-state index contributed by atoms with van der Waals surface area (Å²) in [5.74, 6) is -0.0729. The molecule has 0 aliphatic heterocycles. The van der Waals surface area contributed by atoms with Gasteiger partial charge in [0.1, 0.15) is 12.8 Å². The fourth-order valence-corrected chi connectivity index (χ4v) is 2.50. The lowest BCUT2D eigenvalue weighted by Gasteiger charge is -2.22. The molecule has 0 fully saturated rings. The first-order valence-corrected chi connectivity index (χ1v) is 8.72.